The number of hydrogen-bond acceptors (Lipinski definition) is 3. The molecule has 2 amide bonds. The van der Waals surface area contributed by atoms with Crippen LogP contribution in [0.2, 0.25) is 0 Å². The molecule has 6 nitrogen and oxygen atoms in total. The van der Waals surface area contributed by atoms with Gasteiger partial charge in [0.15, 0.2) is 0 Å². The van der Waals surface area contributed by atoms with E-state index in [-0.39, 0.29) is 12.6 Å². The van der Waals surface area contributed by atoms with Crippen molar-refractivity contribution in [2.45, 2.75) is 18.4 Å². The van der Waals surface area contributed by atoms with Crippen LogP contribution in [0.15, 0.2) is 12.2 Å². The van der Waals surface area contributed by atoms with Crippen LogP contribution in [-0.4, -0.2) is 65.3 Å². The van der Waals surface area contributed by atoms with Gasteiger partial charge in [-0.3, -0.25) is 4.79 Å². The Morgan fingerprint density at radius 1 is 1.26 bits per heavy atom. The van der Waals surface area contributed by atoms with Crippen molar-refractivity contribution in [3.8, 4) is 0 Å². The van der Waals surface area contributed by atoms with Gasteiger partial charge < -0.3 is 19.6 Å². The molecule has 3 rings (SSSR count). The minimum atomic E-state index is -0.803. The SMILES string of the molecule is O=C(O)C1COC2(C1)CN(C(=O)N1CC=CCC1)C2. The Labute approximate surface area is 111 Å². The minimum Gasteiger partial charge on any atom is -0.481 e. The van der Waals surface area contributed by atoms with Gasteiger partial charge in [-0.25, -0.2) is 4.79 Å². The molecule has 0 saturated carbocycles. The van der Waals surface area contributed by atoms with Crippen LogP contribution in [0.4, 0.5) is 4.79 Å². The van der Waals surface area contributed by atoms with E-state index in [0.29, 0.717) is 26.1 Å². The number of ether oxygens (including phenoxy) is 1. The molecule has 0 aromatic carbocycles. The molecule has 3 aliphatic rings. The standard InChI is InChI=1S/C13H18N2O4/c16-11(17)10-6-13(19-7-10)8-15(9-13)12(18)14-4-2-1-3-5-14/h1-2,10H,3-9H2,(H,16,17). The lowest BCUT2D eigenvalue weighted by Crippen LogP contribution is -2.65. The van der Waals surface area contributed by atoms with Crippen molar-refractivity contribution in [1.29, 1.82) is 0 Å². The molecule has 0 aromatic rings. The fourth-order valence-electron chi connectivity index (χ4n) is 3.02. The lowest BCUT2D eigenvalue weighted by Gasteiger charge is -2.48. The van der Waals surface area contributed by atoms with Crippen molar-refractivity contribution in [1.82, 2.24) is 9.80 Å². The second-order valence-electron chi connectivity index (χ2n) is 5.58. The third-order valence-corrected chi connectivity index (χ3v) is 4.12. The van der Waals surface area contributed by atoms with Gasteiger partial charge in [0.25, 0.3) is 0 Å². The molecule has 0 aromatic heterocycles. The van der Waals surface area contributed by atoms with E-state index in [1.165, 1.54) is 0 Å². The number of rotatable bonds is 1. The molecule has 1 unspecified atom stereocenters. The van der Waals surface area contributed by atoms with Crippen LogP contribution >= 0.6 is 0 Å². The highest BCUT2D eigenvalue weighted by molar-refractivity contribution is 5.76. The number of hydrogen-bond donors (Lipinski definition) is 1. The number of carbonyl (C=O) groups excluding carboxylic acids is 1. The minimum absolute atomic E-state index is 0.0392. The maximum absolute atomic E-state index is 12.2. The Morgan fingerprint density at radius 3 is 2.63 bits per heavy atom. The molecule has 2 fully saturated rings. The molecule has 6 heteroatoms. The molecule has 1 N–H and O–H groups in total. The first kappa shape index (κ1) is 12.5. The normalized spacial score (nSPS) is 28.5. The highest BCUT2D eigenvalue weighted by Gasteiger charge is 2.53. The van der Waals surface area contributed by atoms with Gasteiger partial charge in [-0.1, -0.05) is 12.2 Å². The van der Waals surface area contributed by atoms with E-state index >= 15 is 0 Å². The molecule has 3 aliphatic heterocycles. The van der Waals surface area contributed by atoms with Crippen molar-refractivity contribution in [3.63, 3.8) is 0 Å². The first-order chi connectivity index (χ1) is 9.10. The van der Waals surface area contributed by atoms with Crippen molar-refractivity contribution < 1.29 is 19.4 Å². The highest BCUT2D eigenvalue weighted by atomic mass is 16.5. The summed E-state index contributed by atoms with van der Waals surface area (Å²) in [4.78, 5) is 26.7. The van der Waals surface area contributed by atoms with Crippen LogP contribution in [0.3, 0.4) is 0 Å². The predicted molar refractivity (Wildman–Crippen MR) is 66.7 cm³/mol. The maximum atomic E-state index is 12.2. The Bertz CT molecular complexity index is 428. The fourth-order valence-corrected chi connectivity index (χ4v) is 3.02. The van der Waals surface area contributed by atoms with Crippen LogP contribution in [0.5, 0.6) is 0 Å². The maximum Gasteiger partial charge on any atom is 0.320 e. The highest BCUT2D eigenvalue weighted by Crippen LogP contribution is 2.38. The molecule has 1 spiro atoms. The predicted octanol–water partition coefficient (Wildman–Crippen LogP) is 0.544. The van der Waals surface area contributed by atoms with Gasteiger partial charge in [0.2, 0.25) is 0 Å². The first-order valence-electron chi connectivity index (χ1n) is 6.65. The molecule has 19 heavy (non-hydrogen) atoms. The monoisotopic (exact) mass is 266 g/mol. The van der Waals surface area contributed by atoms with Crippen molar-refractivity contribution in [3.05, 3.63) is 12.2 Å². The summed E-state index contributed by atoms with van der Waals surface area (Å²) >= 11 is 0. The summed E-state index contributed by atoms with van der Waals surface area (Å²) in [6.07, 6.45) is 5.51. The molecular formula is C13H18N2O4. The molecule has 2 saturated heterocycles. The van der Waals surface area contributed by atoms with Crippen molar-refractivity contribution in [2.75, 3.05) is 32.8 Å². The number of amides is 2. The van der Waals surface area contributed by atoms with Gasteiger partial charge in [0.1, 0.15) is 5.60 Å². The van der Waals surface area contributed by atoms with E-state index < -0.39 is 17.5 Å². The molecule has 104 valence electrons. The van der Waals surface area contributed by atoms with Gasteiger partial charge in [0, 0.05) is 13.1 Å². The average molecular weight is 266 g/mol. The Morgan fingerprint density at radius 2 is 2.05 bits per heavy atom. The molecule has 0 bridgehead atoms. The summed E-state index contributed by atoms with van der Waals surface area (Å²) in [5, 5.41) is 8.97. The zero-order chi connectivity index (χ0) is 13.5. The molecule has 3 heterocycles. The van der Waals surface area contributed by atoms with Crippen LogP contribution in [0.25, 0.3) is 0 Å². The van der Waals surface area contributed by atoms with Crippen LogP contribution in [0, 0.1) is 5.92 Å². The molecule has 0 aliphatic carbocycles. The van der Waals surface area contributed by atoms with E-state index in [2.05, 4.69) is 6.08 Å². The number of aliphatic carboxylic acids is 1. The molecule has 0 radical (unpaired) electrons. The van der Waals surface area contributed by atoms with Gasteiger partial charge in [-0.05, 0) is 12.8 Å². The van der Waals surface area contributed by atoms with Crippen LogP contribution < -0.4 is 0 Å². The summed E-state index contributed by atoms with van der Waals surface area (Å²) in [6.45, 7) is 2.74. The van der Waals surface area contributed by atoms with Gasteiger partial charge in [0.05, 0.1) is 25.6 Å². The smallest absolute Gasteiger partial charge is 0.320 e. The van der Waals surface area contributed by atoms with E-state index in [4.69, 9.17) is 9.84 Å². The third-order valence-electron chi connectivity index (χ3n) is 4.12. The zero-order valence-electron chi connectivity index (χ0n) is 10.7. The van der Waals surface area contributed by atoms with E-state index in [0.717, 1.165) is 13.0 Å². The van der Waals surface area contributed by atoms with Gasteiger partial charge in [-0.15, -0.1) is 0 Å². The van der Waals surface area contributed by atoms with E-state index in [9.17, 15) is 9.59 Å². The van der Waals surface area contributed by atoms with Crippen LogP contribution in [0.1, 0.15) is 12.8 Å². The number of carboxylic acid groups (broad SMARTS) is 1. The number of urea groups is 1. The number of carbonyl (C=O) groups is 2. The van der Waals surface area contributed by atoms with E-state index in [1.54, 1.807) is 4.90 Å². The lowest BCUT2D eigenvalue weighted by molar-refractivity contribution is -0.141. The average Bonchev–Trinajstić information content (AvgIpc) is 2.83. The lowest BCUT2D eigenvalue weighted by atomic mass is 9.87. The Hall–Kier alpha value is -1.56. The topological polar surface area (TPSA) is 70.1 Å². The van der Waals surface area contributed by atoms with Crippen LogP contribution in [-0.2, 0) is 9.53 Å². The number of likely N-dealkylation sites (tertiary alicyclic amines) is 1. The second-order valence-corrected chi connectivity index (χ2v) is 5.58. The van der Waals surface area contributed by atoms with Gasteiger partial charge >= 0.3 is 12.0 Å². The fraction of sp³-hybridized carbons (Fsp3) is 0.692. The second kappa shape index (κ2) is 4.52. The number of nitrogens with zero attached hydrogens (tertiary/aromatic N) is 2. The summed E-state index contributed by atoms with van der Waals surface area (Å²) < 4.78 is 5.61. The van der Waals surface area contributed by atoms with Crippen molar-refractivity contribution >= 4 is 12.0 Å². The molecule has 1 atom stereocenters. The third kappa shape index (κ3) is 2.20. The molecular weight excluding hydrogens is 248 g/mol. The Kier molecular flexibility index (Phi) is 2.97. The number of carboxylic acids is 1. The van der Waals surface area contributed by atoms with Crippen molar-refractivity contribution in [2.24, 2.45) is 5.92 Å². The largest absolute Gasteiger partial charge is 0.481 e. The van der Waals surface area contributed by atoms with E-state index in [1.807, 2.05) is 11.0 Å². The van der Waals surface area contributed by atoms with Gasteiger partial charge in [-0.2, -0.15) is 0 Å². The zero-order valence-corrected chi connectivity index (χ0v) is 10.7. The quantitative estimate of drug-likeness (QED) is 0.703. The summed E-state index contributed by atoms with van der Waals surface area (Å²) in [5.74, 6) is -1.22. The first-order valence-corrected chi connectivity index (χ1v) is 6.65. The summed E-state index contributed by atoms with van der Waals surface area (Å²) in [6, 6.07) is 0.0392. The summed E-state index contributed by atoms with van der Waals surface area (Å²) in [5.41, 5.74) is -0.398. The Balaban J connectivity index is 1.54. The summed E-state index contributed by atoms with van der Waals surface area (Å²) in [7, 11) is 0.